The van der Waals surface area contributed by atoms with Crippen molar-refractivity contribution in [2.24, 2.45) is 0 Å². The Kier molecular flexibility index (Phi) is 6.69. The normalized spacial score (nSPS) is 9.76. The zero-order valence-corrected chi connectivity index (χ0v) is 10.0. The number of nitrogens with zero attached hydrogens (tertiary/aromatic N) is 2. The van der Waals surface area contributed by atoms with Gasteiger partial charge >= 0.3 is 18.0 Å². The van der Waals surface area contributed by atoms with Gasteiger partial charge < -0.3 is 20.0 Å². The number of urea groups is 1. The zero-order valence-electron chi connectivity index (χ0n) is 10.0. The second kappa shape index (κ2) is 7.48. The molecule has 98 valence electrons. The molecule has 0 saturated carbocycles. The van der Waals surface area contributed by atoms with Gasteiger partial charge in [-0.2, -0.15) is 0 Å². The van der Waals surface area contributed by atoms with Gasteiger partial charge in [-0.3, -0.25) is 9.59 Å². The lowest BCUT2D eigenvalue weighted by atomic mass is 10.3. The fourth-order valence-electron chi connectivity index (χ4n) is 1.25. The average Bonchev–Trinajstić information content (AvgIpc) is 2.22. The highest BCUT2D eigenvalue weighted by atomic mass is 16.4. The largest absolute Gasteiger partial charge is 0.480 e. The highest BCUT2D eigenvalue weighted by Crippen LogP contribution is 2.00. The number of hydrogen-bond acceptors (Lipinski definition) is 3. The van der Waals surface area contributed by atoms with Crippen LogP contribution in [0.25, 0.3) is 0 Å². The number of amides is 2. The summed E-state index contributed by atoms with van der Waals surface area (Å²) in [5.74, 6) is -2.47. The Morgan fingerprint density at radius 2 is 1.53 bits per heavy atom. The summed E-state index contributed by atoms with van der Waals surface area (Å²) in [6.45, 7) is 1.22. The van der Waals surface area contributed by atoms with Crippen LogP contribution in [0.1, 0.15) is 19.8 Å². The quantitative estimate of drug-likeness (QED) is 0.673. The molecule has 2 N–H and O–H groups in total. The highest BCUT2D eigenvalue weighted by molar-refractivity contribution is 5.83. The molecule has 0 radical (unpaired) electrons. The van der Waals surface area contributed by atoms with E-state index in [-0.39, 0.29) is 0 Å². The Balaban J connectivity index is 4.49. The Labute approximate surface area is 99.6 Å². The van der Waals surface area contributed by atoms with Crippen molar-refractivity contribution >= 4 is 18.0 Å². The Hall–Kier alpha value is -1.79. The van der Waals surface area contributed by atoms with Gasteiger partial charge in [-0.05, 0) is 6.42 Å². The number of aliphatic carboxylic acids is 2. The molecule has 0 aromatic rings. The van der Waals surface area contributed by atoms with Crippen LogP contribution in [-0.2, 0) is 9.59 Å². The molecule has 0 aliphatic carbocycles. The van der Waals surface area contributed by atoms with Gasteiger partial charge in [0, 0.05) is 13.6 Å². The first-order valence-electron chi connectivity index (χ1n) is 5.32. The molecule has 2 amide bonds. The lowest BCUT2D eigenvalue weighted by Gasteiger charge is -2.25. The van der Waals surface area contributed by atoms with E-state index in [1.54, 1.807) is 0 Å². The van der Waals surface area contributed by atoms with Crippen molar-refractivity contribution in [3.8, 4) is 0 Å². The lowest BCUT2D eigenvalue weighted by Crippen LogP contribution is -2.46. The molecule has 7 heteroatoms. The van der Waals surface area contributed by atoms with E-state index in [2.05, 4.69) is 0 Å². The summed E-state index contributed by atoms with van der Waals surface area (Å²) in [5, 5.41) is 17.2. The molecule has 0 saturated heterocycles. The third kappa shape index (κ3) is 6.39. The maximum Gasteiger partial charge on any atom is 0.323 e. The second-order valence-corrected chi connectivity index (χ2v) is 3.70. The van der Waals surface area contributed by atoms with Crippen LogP contribution in [0.4, 0.5) is 4.79 Å². The van der Waals surface area contributed by atoms with Gasteiger partial charge in [0.2, 0.25) is 0 Å². The minimum atomic E-state index is -1.23. The number of carboxylic acid groups (broad SMARTS) is 2. The van der Waals surface area contributed by atoms with Gasteiger partial charge in [0.1, 0.15) is 13.1 Å². The molecule has 0 aromatic heterocycles. The van der Waals surface area contributed by atoms with Gasteiger partial charge in [0.05, 0.1) is 0 Å². The van der Waals surface area contributed by atoms with E-state index in [0.29, 0.717) is 6.54 Å². The smallest absolute Gasteiger partial charge is 0.323 e. The number of carboxylic acids is 2. The van der Waals surface area contributed by atoms with Crippen molar-refractivity contribution in [2.45, 2.75) is 19.8 Å². The SMILES string of the molecule is CCCCN(C)C(=O)N(CC(=O)O)CC(=O)O. The third-order valence-corrected chi connectivity index (χ3v) is 2.10. The molecule has 17 heavy (non-hydrogen) atoms. The van der Waals surface area contributed by atoms with Crippen molar-refractivity contribution in [3.05, 3.63) is 0 Å². The standard InChI is InChI=1S/C10H18N2O5/c1-3-4-5-11(2)10(17)12(6-8(13)14)7-9(15)16/h3-7H2,1-2H3,(H,13,14)(H,15,16). The summed E-state index contributed by atoms with van der Waals surface area (Å²) >= 11 is 0. The van der Waals surface area contributed by atoms with Crippen molar-refractivity contribution in [1.29, 1.82) is 0 Å². The number of rotatable bonds is 7. The van der Waals surface area contributed by atoms with E-state index < -0.39 is 31.1 Å². The van der Waals surface area contributed by atoms with E-state index in [0.717, 1.165) is 17.7 Å². The van der Waals surface area contributed by atoms with E-state index in [9.17, 15) is 14.4 Å². The molecule has 0 bridgehead atoms. The summed E-state index contributed by atoms with van der Waals surface area (Å²) in [4.78, 5) is 34.9. The third-order valence-electron chi connectivity index (χ3n) is 2.10. The van der Waals surface area contributed by atoms with Crippen LogP contribution in [-0.4, -0.2) is 64.7 Å². The predicted octanol–water partition coefficient (Wildman–Crippen LogP) is 0.310. The maximum absolute atomic E-state index is 11.7. The number of carbonyl (C=O) groups is 3. The maximum atomic E-state index is 11.7. The molecular weight excluding hydrogens is 228 g/mol. The molecular formula is C10H18N2O5. The van der Waals surface area contributed by atoms with Crippen LogP contribution >= 0.6 is 0 Å². The van der Waals surface area contributed by atoms with Gasteiger partial charge in [-0.15, -0.1) is 0 Å². The fourth-order valence-corrected chi connectivity index (χ4v) is 1.25. The van der Waals surface area contributed by atoms with E-state index in [1.165, 1.54) is 11.9 Å². The highest BCUT2D eigenvalue weighted by Gasteiger charge is 2.22. The first kappa shape index (κ1) is 15.2. The van der Waals surface area contributed by atoms with Gasteiger partial charge in [-0.1, -0.05) is 13.3 Å². The molecule has 0 rings (SSSR count). The Morgan fingerprint density at radius 1 is 1.06 bits per heavy atom. The summed E-state index contributed by atoms with van der Waals surface area (Å²) in [5.41, 5.74) is 0. The zero-order chi connectivity index (χ0) is 13.4. The van der Waals surface area contributed by atoms with Crippen molar-refractivity contribution < 1.29 is 24.6 Å². The molecule has 0 atom stereocenters. The van der Waals surface area contributed by atoms with E-state index in [4.69, 9.17) is 10.2 Å². The molecule has 0 aliphatic heterocycles. The van der Waals surface area contributed by atoms with Gasteiger partial charge in [-0.25, -0.2) is 4.79 Å². The molecule has 0 aliphatic rings. The Bertz CT molecular complexity index is 276. The number of unbranched alkanes of at least 4 members (excludes halogenated alkanes) is 1. The predicted molar refractivity (Wildman–Crippen MR) is 59.8 cm³/mol. The first-order valence-corrected chi connectivity index (χ1v) is 5.32. The molecule has 0 heterocycles. The van der Waals surface area contributed by atoms with Crippen molar-refractivity contribution in [2.75, 3.05) is 26.7 Å². The van der Waals surface area contributed by atoms with Crippen molar-refractivity contribution in [1.82, 2.24) is 9.80 Å². The lowest BCUT2D eigenvalue weighted by molar-refractivity contribution is -0.140. The van der Waals surface area contributed by atoms with Crippen LogP contribution in [0.2, 0.25) is 0 Å². The summed E-state index contributed by atoms with van der Waals surface area (Å²) < 4.78 is 0. The molecule has 0 spiro atoms. The minimum absolute atomic E-state index is 0.477. The van der Waals surface area contributed by atoms with Crippen molar-refractivity contribution in [3.63, 3.8) is 0 Å². The van der Waals surface area contributed by atoms with Gasteiger partial charge in [0.15, 0.2) is 0 Å². The molecule has 0 fully saturated rings. The van der Waals surface area contributed by atoms with Crippen LogP contribution in [0.3, 0.4) is 0 Å². The van der Waals surface area contributed by atoms with Crippen LogP contribution < -0.4 is 0 Å². The summed E-state index contributed by atoms with van der Waals surface area (Å²) in [7, 11) is 1.52. The molecule has 0 aromatic carbocycles. The molecule has 0 unspecified atom stereocenters. The topological polar surface area (TPSA) is 98.2 Å². The average molecular weight is 246 g/mol. The van der Waals surface area contributed by atoms with E-state index >= 15 is 0 Å². The Morgan fingerprint density at radius 3 is 1.88 bits per heavy atom. The van der Waals surface area contributed by atoms with Crippen LogP contribution in [0, 0.1) is 0 Å². The summed E-state index contributed by atoms with van der Waals surface area (Å²) in [6, 6.07) is -0.580. The van der Waals surface area contributed by atoms with Crippen LogP contribution in [0.5, 0.6) is 0 Å². The fraction of sp³-hybridized carbons (Fsp3) is 0.700. The molecule has 7 nitrogen and oxygen atoms in total. The number of hydrogen-bond donors (Lipinski definition) is 2. The monoisotopic (exact) mass is 246 g/mol. The van der Waals surface area contributed by atoms with E-state index in [1.807, 2.05) is 6.92 Å². The minimum Gasteiger partial charge on any atom is -0.480 e. The first-order chi connectivity index (χ1) is 7.88. The van der Waals surface area contributed by atoms with Gasteiger partial charge in [0.25, 0.3) is 0 Å². The number of carbonyl (C=O) groups excluding carboxylic acids is 1. The summed E-state index contributed by atoms with van der Waals surface area (Å²) in [6.07, 6.45) is 1.69. The van der Waals surface area contributed by atoms with Crippen LogP contribution in [0.15, 0.2) is 0 Å². The second-order valence-electron chi connectivity index (χ2n) is 3.70.